The Morgan fingerprint density at radius 3 is 0.886 bits per heavy atom. The second kappa shape index (κ2) is 57.4. The van der Waals surface area contributed by atoms with Crippen LogP contribution in [0.15, 0.2) is 122 Å². The third-order valence-electron chi connectivity index (χ3n) is 11.7. The second-order valence-electron chi connectivity index (χ2n) is 18.4. The van der Waals surface area contributed by atoms with Crippen molar-refractivity contribution in [3.05, 3.63) is 122 Å². The Bertz CT molecular complexity index is 1490. The molecule has 0 heterocycles. The fourth-order valence-electron chi connectivity index (χ4n) is 7.49. The zero-order valence-electron chi connectivity index (χ0n) is 45.2. The average Bonchev–Trinajstić information content (AvgIpc) is 3.36. The lowest BCUT2D eigenvalue weighted by molar-refractivity contribution is -0.167. The second-order valence-corrected chi connectivity index (χ2v) is 18.4. The van der Waals surface area contributed by atoms with E-state index in [0.717, 1.165) is 148 Å². The summed E-state index contributed by atoms with van der Waals surface area (Å²) in [5.74, 6) is -0.950. The summed E-state index contributed by atoms with van der Waals surface area (Å²) in [6.07, 6.45) is 79.1. The summed E-state index contributed by atoms with van der Waals surface area (Å²) in [4.78, 5) is 38.1. The number of carbonyl (C=O) groups excluding carboxylic acids is 3. The van der Waals surface area contributed by atoms with Crippen molar-refractivity contribution in [2.45, 2.75) is 252 Å². The predicted octanol–water partition coefficient (Wildman–Crippen LogP) is 19.3. The Morgan fingerprint density at radius 1 is 0.300 bits per heavy atom. The van der Waals surface area contributed by atoms with Crippen LogP contribution in [-0.2, 0) is 28.6 Å². The van der Waals surface area contributed by atoms with E-state index in [9.17, 15) is 14.4 Å². The maximum Gasteiger partial charge on any atom is 0.306 e. The molecule has 0 aromatic heterocycles. The molecule has 1 atom stereocenters. The van der Waals surface area contributed by atoms with Crippen LogP contribution in [0.4, 0.5) is 0 Å². The molecule has 396 valence electrons. The highest BCUT2D eigenvalue weighted by Crippen LogP contribution is 2.14. The molecule has 0 aliphatic heterocycles. The normalized spacial score (nSPS) is 13.0. The number of hydrogen-bond acceptors (Lipinski definition) is 6. The third kappa shape index (κ3) is 54.7. The van der Waals surface area contributed by atoms with E-state index in [2.05, 4.69) is 142 Å². The van der Waals surface area contributed by atoms with Gasteiger partial charge in [0.05, 0.1) is 0 Å². The predicted molar refractivity (Wildman–Crippen MR) is 302 cm³/mol. The SMILES string of the molecule is CC/C=C\C/C=C\C/C=C\C/C=C\C/C=C\C/C=C\C/C=C\CCCCCCCC(=O)OCC(COC(=O)CCCCCCCCCCCCCC)OC(=O)CCCCC/C=C\C/C=C\C/C=C\CC. The van der Waals surface area contributed by atoms with Crippen LogP contribution < -0.4 is 0 Å². The molecule has 1 unspecified atom stereocenters. The van der Waals surface area contributed by atoms with Crippen LogP contribution in [0.25, 0.3) is 0 Å². The Labute approximate surface area is 431 Å². The molecule has 0 aliphatic rings. The number of ether oxygens (including phenoxy) is 3. The molecule has 0 bridgehead atoms. The molecule has 0 radical (unpaired) electrons. The molecule has 0 saturated heterocycles. The maximum atomic E-state index is 12.8. The van der Waals surface area contributed by atoms with Gasteiger partial charge in [-0.15, -0.1) is 0 Å². The van der Waals surface area contributed by atoms with Crippen molar-refractivity contribution < 1.29 is 28.6 Å². The highest BCUT2D eigenvalue weighted by atomic mass is 16.6. The van der Waals surface area contributed by atoms with Gasteiger partial charge in [-0.05, 0) is 109 Å². The van der Waals surface area contributed by atoms with Crippen LogP contribution in [0.3, 0.4) is 0 Å². The molecule has 0 amide bonds. The molecular formula is C64H104O6. The maximum absolute atomic E-state index is 12.8. The lowest BCUT2D eigenvalue weighted by Gasteiger charge is -2.18. The van der Waals surface area contributed by atoms with Gasteiger partial charge in [0.1, 0.15) is 13.2 Å². The molecule has 0 aromatic rings. The van der Waals surface area contributed by atoms with Gasteiger partial charge in [-0.1, -0.05) is 239 Å². The molecule has 0 rings (SSSR count). The molecular weight excluding hydrogens is 865 g/mol. The third-order valence-corrected chi connectivity index (χ3v) is 11.7. The van der Waals surface area contributed by atoms with Gasteiger partial charge in [-0.3, -0.25) is 14.4 Å². The number of rotatable bonds is 50. The first-order valence-corrected chi connectivity index (χ1v) is 28.5. The number of allylic oxidation sites excluding steroid dienone is 20. The van der Waals surface area contributed by atoms with E-state index >= 15 is 0 Å². The molecule has 0 spiro atoms. The summed E-state index contributed by atoms with van der Waals surface area (Å²) in [5, 5.41) is 0. The standard InChI is InChI=1S/C64H104O6/c1-4-7-10-13-16-19-22-25-26-27-28-29-30-31-32-33-34-35-36-37-38-40-42-45-48-51-54-57-63(66)69-60-61(59-68-62(65)56-53-50-47-44-41-24-21-18-15-12-9-6-3)70-64(67)58-55-52-49-46-43-39-23-20-17-14-11-8-5-2/h7-8,10-11,16-17,19-20,25-26,28-29,31-32,34-35,37-39,43,61H,4-6,9,12-15,18,21-24,27,30,33,36,40-42,44-60H2,1-3H3/b10-7-,11-8-,19-16-,20-17-,26-25-,29-28-,32-31-,35-34-,38-37-,43-39-. The smallest absolute Gasteiger partial charge is 0.306 e. The average molecular weight is 970 g/mol. The van der Waals surface area contributed by atoms with Gasteiger partial charge in [-0.2, -0.15) is 0 Å². The van der Waals surface area contributed by atoms with Crippen LogP contribution in [0.1, 0.15) is 245 Å². The minimum absolute atomic E-state index is 0.0971. The largest absolute Gasteiger partial charge is 0.462 e. The Kier molecular flexibility index (Phi) is 54.0. The van der Waals surface area contributed by atoms with Gasteiger partial charge in [0.15, 0.2) is 6.10 Å². The summed E-state index contributed by atoms with van der Waals surface area (Å²) in [7, 11) is 0. The molecule has 0 aliphatic carbocycles. The van der Waals surface area contributed by atoms with Crippen LogP contribution in [0, 0.1) is 0 Å². The Morgan fingerprint density at radius 2 is 0.557 bits per heavy atom. The van der Waals surface area contributed by atoms with E-state index in [1.807, 2.05) is 0 Å². The van der Waals surface area contributed by atoms with E-state index in [1.165, 1.54) is 57.8 Å². The van der Waals surface area contributed by atoms with Crippen molar-refractivity contribution in [1.29, 1.82) is 0 Å². The number of carbonyl (C=O) groups is 3. The van der Waals surface area contributed by atoms with Crippen LogP contribution in [-0.4, -0.2) is 37.2 Å². The highest BCUT2D eigenvalue weighted by Gasteiger charge is 2.19. The molecule has 6 heteroatoms. The van der Waals surface area contributed by atoms with Crippen molar-refractivity contribution in [2.24, 2.45) is 0 Å². The van der Waals surface area contributed by atoms with Gasteiger partial charge in [0, 0.05) is 19.3 Å². The van der Waals surface area contributed by atoms with Gasteiger partial charge < -0.3 is 14.2 Å². The minimum Gasteiger partial charge on any atom is -0.462 e. The zero-order chi connectivity index (χ0) is 50.7. The minimum atomic E-state index is -0.803. The van der Waals surface area contributed by atoms with Crippen LogP contribution in [0.5, 0.6) is 0 Å². The van der Waals surface area contributed by atoms with Gasteiger partial charge in [0.25, 0.3) is 0 Å². The Balaban J connectivity index is 4.36. The summed E-state index contributed by atoms with van der Waals surface area (Å²) in [6, 6.07) is 0. The highest BCUT2D eigenvalue weighted by molar-refractivity contribution is 5.71. The number of unbranched alkanes of at least 4 members (excludes halogenated alkanes) is 19. The lowest BCUT2D eigenvalue weighted by atomic mass is 10.0. The number of hydrogen-bond donors (Lipinski definition) is 0. The summed E-state index contributed by atoms with van der Waals surface area (Å²) in [6.45, 7) is 6.36. The summed E-state index contributed by atoms with van der Waals surface area (Å²) in [5.41, 5.74) is 0. The van der Waals surface area contributed by atoms with Crippen molar-refractivity contribution >= 4 is 17.9 Å². The molecule has 6 nitrogen and oxygen atoms in total. The summed E-state index contributed by atoms with van der Waals surface area (Å²) >= 11 is 0. The molecule has 0 N–H and O–H groups in total. The fourth-order valence-corrected chi connectivity index (χ4v) is 7.49. The number of esters is 3. The van der Waals surface area contributed by atoms with Gasteiger partial charge >= 0.3 is 17.9 Å². The van der Waals surface area contributed by atoms with Gasteiger partial charge in [0.2, 0.25) is 0 Å². The Hall–Kier alpha value is -4.19. The fraction of sp³-hybridized carbons (Fsp3) is 0.641. The quantitative estimate of drug-likeness (QED) is 0.0262. The van der Waals surface area contributed by atoms with Crippen LogP contribution >= 0.6 is 0 Å². The van der Waals surface area contributed by atoms with Crippen molar-refractivity contribution in [2.75, 3.05) is 13.2 Å². The zero-order valence-corrected chi connectivity index (χ0v) is 45.2. The monoisotopic (exact) mass is 969 g/mol. The summed E-state index contributed by atoms with van der Waals surface area (Å²) < 4.78 is 16.8. The molecule has 70 heavy (non-hydrogen) atoms. The first-order chi connectivity index (χ1) is 34.5. The van der Waals surface area contributed by atoms with E-state index in [0.29, 0.717) is 12.8 Å². The van der Waals surface area contributed by atoms with Crippen molar-refractivity contribution in [3.63, 3.8) is 0 Å². The van der Waals surface area contributed by atoms with E-state index in [1.54, 1.807) is 0 Å². The van der Waals surface area contributed by atoms with E-state index in [4.69, 9.17) is 14.2 Å². The topological polar surface area (TPSA) is 78.9 Å². The first kappa shape index (κ1) is 65.8. The van der Waals surface area contributed by atoms with Crippen LogP contribution in [0.2, 0.25) is 0 Å². The lowest BCUT2D eigenvalue weighted by Crippen LogP contribution is -2.30. The van der Waals surface area contributed by atoms with Crippen molar-refractivity contribution in [1.82, 2.24) is 0 Å². The van der Waals surface area contributed by atoms with E-state index < -0.39 is 6.10 Å². The van der Waals surface area contributed by atoms with Crippen molar-refractivity contribution in [3.8, 4) is 0 Å². The molecule has 0 aromatic carbocycles. The van der Waals surface area contributed by atoms with E-state index in [-0.39, 0.29) is 37.5 Å². The molecule has 0 saturated carbocycles. The first-order valence-electron chi connectivity index (χ1n) is 28.5. The molecule has 0 fully saturated rings. The van der Waals surface area contributed by atoms with Gasteiger partial charge in [-0.25, -0.2) is 0 Å².